The van der Waals surface area contributed by atoms with E-state index in [0.717, 1.165) is 50.0 Å². The van der Waals surface area contributed by atoms with Crippen molar-refractivity contribution in [3.63, 3.8) is 0 Å². The van der Waals surface area contributed by atoms with Crippen molar-refractivity contribution in [1.82, 2.24) is 19.7 Å². The molecule has 0 amide bonds. The first-order valence-corrected chi connectivity index (χ1v) is 9.95. The average Bonchev–Trinajstić information content (AvgIpc) is 3.28. The summed E-state index contributed by atoms with van der Waals surface area (Å²) >= 11 is 8.18. The molecule has 4 rings (SSSR count). The Balaban J connectivity index is 1.42. The first-order chi connectivity index (χ1) is 11.6. The number of hydrogen-bond donors (Lipinski definition) is 0. The highest BCUT2D eigenvalue weighted by Crippen LogP contribution is 2.34. The summed E-state index contributed by atoms with van der Waals surface area (Å²) in [5.41, 5.74) is 2.36. The Bertz CT molecular complexity index is 719. The second-order valence-electron chi connectivity index (χ2n) is 6.95. The van der Waals surface area contributed by atoms with E-state index in [4.69, 9.17) is 11.6 Å². The van der Waals surface area contributed by atoms with Crippen LogP contribution in [0.4, 0.5) is 5.13 Å². The third-order valence-corrected chi connectivity index (χ3v) is 6.55. The monoisotopic (exact) mass is 365 g/mol. The van der Waals surface area contributed by atoms with Crippen molar-refractivity contribution in [3.05, 3.63) is 27.5 Å². The van der Waals surface area contributed by atoms with Gasteiger partial charge in [-0.2, -0.15) is 5.10 Å². The van der Waals surface area contributed by atoms with Gasteiger partial charge in [-0.15, -0.1) is 0 Å². The van der Waals surface area contributed by atoms with Gasteiger partial charge in [0.2, 0.25) is 0 Å². The van der Waals surface area contributed by atoms with Crippen LogP contribution in [0.15, 0.2) is 6.07 Å². The summed E-state index contributed by atoms with van der Waals surface area (Å²) in [7, 11) is 0. The Morgan fingerprint density at radius 1 is 1.25 bits per heavy atom. The predicted octanol–water partition coefficient (Wildman–Crippen LogP) is 3.66. The van der Waals surface area contributed by atoms with Gasteiger partial charge in [-0.1, -0.05) is 22.9 Å². The van der Waals surface area contributed by atoms with Crippen LogP contribution in [0, 0.1) is 13.8 Å². The molecule has 0 spiro atoms. The molecule has 5 nitrogen and oxygen atoms in total. The number of anilines is 1. The Labute approximate surface area is 152 Å². The Morgan fingerprint density at radius 3 is 2.75 bits per heavy atom. The lowest BCUT2D eigenvalue weighted by Crippen LogP contribution is -2.21. The molecule has 130 valence electrons. The van der Waals surface area contributed by atoms with E-state index in [1.54, 1.807) is 11.3 Å². The molecule has 0 radical (unpaired) electrons. The molecule has 2 aromatic heterocycles. The number of halogens is 1. The van der Waals surface area contributed by atoms with E-state index in [1.807, 2.05) is 0 Å². The highest BCUT2D eigenvalue weighted by Gasteiger charge is 2.27. The minimum Gasteiger partial charge on any atom is -0.348 e. The van der Waals surface area contributed by atoms with Crippen LogP contribution in [0.2, 0.25) is 5.15 Å². The summed E-state index contributed by atoms with van der Waals surface area (Å²) in [6.45, 7) is 9.48. The fourth-order valence-electron chi connectivity index (χ4n) is 3.84. The van der Waals surface area contributed by atoms with E-state index >= 15 is 0 Å². The van der Waals surface area contributed by atoms with Crippen LogP contribution < -0.4 is 4.90 Å². The summed E-state index contributed by atoms with van der Waals surface area (Å²) in [5, 5.41) is 6.45. The zero-order chi connectivity index (χ0) is 16.7. The van der Waals surface area contributed by atoms with Crippen molar-refractivity contribution in [2.24, 2.45) is 0 Å². The molecule has 24 heavy (non-hydrogen) atoms. The van der Waals surface area contributed by atoms with Crippen molar-refractivity contribution >= 4 is 28.1 Å². The standard InChI is InChI=1S/C17H24ClN5S/c1-12-9-13(2)23(20-12)14-5-8-21(10-14)11-15-16(18)19-17(24-15)22-6-3-4-7-22/h9,14H,3-8,10-11H2,1-2H3. The number of thiazole rings is 1. The van der Waals surface area contributed by atoms with Gasteiger partial charge in [0.25, 0.3) is 0 Å². The summed E-state index contributed by atoms with van der Waals surface area (Å²) in [6.07, 6.45) is 3.68. The first-order valence-electron chi connectivity index (χ1n) is 8.75. The lowest BCUT2D eigenvalue weighted by Gasteiger charge is -2.16. The molecule has 2 saturated heterocycles. The molecule has 2 aliphatic rings. The Morgan fingerprint density at radius 2 is 2.04 bits per heavy atom. The molecule has 0 saturated carbocycles. The smallest absolute Gasteiger partial charge is 0.187 e. The minimum absolute atomic E-state index is 0.475. The first kappa shape index (κ1) is 16.4. The lowest BCUT2D eigenvalue weighted by atomic mass is 10.2. The summed E-state index contributed by atoms with van der Waals surface area (Å²) < 4.78 is 2.19. The minimum atomic E-state index is 0.475. The highest BCUT2D eigenvalue weighted by molar-refractivity contribution is 7.16. The van der Waals surface area contributed by atoms with Crippen LogP contribution in [0.5, 0.6) is 0 Å². The average molecular weight is 366 g/mol. The summed E-state index contributed by atoms with van der Waals surface area (Å²) in [6, 6.07) is 2.63. The quantitative estimate of drug-likeness (QED) is 0.828. The summed E-state index contributed by atoms with van der Waals surface area (Å²) in [4.78, 5) is 10.6. The van der Waals surface area contributed by atoms with Crippen LogP contribution in [0.25, 0.3) is 0 Å². The second-order valence-corrected chi connectivity index (χ2v) is 8.37. The molecule has 2 fully saturated rings. The van der Waals surface area contributed by atoms with Gasteiger partial charge in [-0.3, -0.25) is 9.58 Å². The van der Waals surface area contributed by atoms with Gasteiger partial charge in [0, 0.05) is 38.4 Å². The maximum Gasteiger partial charge on any atom is 0.187 e. The van der Waals surface area contributed by atoms with Gasteiger partial charge in [-0.05, 0) is 39.2 Å². The largest absolute Gasteiger partial charge is 0.348 e. The number of aromatic nitrogens is 3. The van der Waals surface area contributed by atoms with Crippen LogP contribution in [0.1, 0.15) is 41.6 Å². The molecule has 2 aliphatic heterocycles. The van der Waals surface area contributed by atoms with Crippen molar-refractivity contribution in [2.45, 2.75) is 45.7 Å². The third kappa shape index (κ3) is 3.19. The molecule has 1 unspecified atom stereocenters. The number of nitrogens with zero attached hydrogens (tertiary/aromatic N) is 5. The topological polar surface area (TPSA) is 37.2 Å². The second kappa shape index (κ2) is 6.65. The molecule has 7 heteroatoms. The van der Waals surface area contributed by atoms with Crippen LogP contribution >= 0.6 is 22.9 Å². The molecule has 4 heterocycles. The van der Waals surface area contributed by atoms with Gasteiger partial charge in [0.05, 0.1) is 16.6 Å². The molecule has 2 aromatic rings. The third-order valence-electron chi connectivity index (χ3n) is 5.02. The summed E-state index contributed by atoms with van der Waals surface area (Å²) in [5.74, 6) is 0. The molecule has 0 N–H and O–H groups in total. The zero-order valence-corrected chi connectivity index (χ0v) is 15.9. The van der Waals surface area contributed by atoms with Crippen molar-refractivity contribution in [3.8, 4) is 0 Å². The van der Waals surface area contributed by atoms with E-state index in [2.05, 4.69) is 44.5 Å². The van der Waals surface area contributed by atoms with Gasteiger partial charge >= 0.3 is 0 Å². The van der Waals surface area contributed by atoms with Gasteiger partial charge in [-0.25, -0.2) is 4.98 Å². The molecular weight excluding hydrogens is 342 g/mol. The van der Waals surface area contributed by atoms with E-state index in [0.29, 0.717) is 11.2 Å². The van der Waals surface area contributed by atoms with E-state index in [-0.39, 0.29) is 0 Å². The fraction of sp³-hybridized carbons (Fsp3) is 0.647. The Hall–Kier alpha value is -1.11. The van der Waals surface area contributed by atoms with Crippen molar-refractivity contribution < 1.29 is 0 Å². The number of rotatable bonds is 4. The zero-order valence-electron chi connectivity index (χ0n) is 14.3. The van der Waals surface area contributed by atoms with Gasteiger partial charge in [0.1, 0.15) is 5.15 Å². The highest BCUT2D eigenvalue weighted by atomic mass is 35.5. The fourth-order valence-corrected chi connectivity index (χ4v) is 5.19. The van der Waals surface area contributed by atoms with E-state index in [9.17, 15) is 0 Å². The maximum atomic E-state index is 6.41. The normalized spacial score (nSPS) is 22.0. The lowest BCUT2D eigenvalue weighted by molar-refractivity contribution is 0.313. The number of likely N-dealkylation sites (tertiary alicyclic amines) is 1. The molecule has 0 bridgehead atoms. The number of hydrogen-bond acceptors (Lipinski definition) is 5. The van der Waals surface area contributed by atoms with Crippen LogP contribution in [0.3, 0.4) is 0 Å². The van der Waals surface area contributed by atoms with Crippen molar-refractivity contribution in [1.29, 1.82) is 0 Å². The number of aryl methyl sites for hydroxylation is 2. The molecule has 1 atom stereocenters. The maximum absolute atomic E-state index is 6.41. The van der Waals surface area contributed by atoms with E-state index < -0.39 is 0 Å². The molecule has 0 aliphatic carbocycles. The van der Waals surface area contributed by atoms with Gasteiger partial charge < -0.3 is 4.90 Å². The van der Waals surface area contributed by atoms with Crippen LogP contribution in [-0.4, -0.2) is 45.8 Å². The Kier molecular flexibility index (Phi) is 4.54. The van der Waals surface area contributed by atoms with E-state index in [1.165, 1.54) is 23.4 Å². The predicted molar refractivity (Wildman–Crippen MR) is 99.2 cm³/mol. The van der Waals surface area contributed by atoms with Gasteiger partial charge in [0.15, 0.2) is 5.13 Å². The SMILES string of the molecule is Cc1cc(C)n(C2CCN(Cc3sc(N4CCCC4)nc3Cl)C2)n1. The van der Waals surface area contributed by atoms with Crippen molar-refractivity contribution in [2.75, 3.05) is 31.1 Å². The molecular formula is C17H24ClN5S. The van der Waals surface area contributed by atoms with Crippen LogP contribution in [-0.2, 0) is 6.54 Å². The molecule has 0 aromatic carbocycles.